The summed E-state index contributed by atoms with van der Waals surface area (Å²) in [5, 5.41) is 13.1. The van der Waals surface area contributed by atoms with Gasteiger partial charge in [0.05, 0.1) is 5.54 Å². The van der Waals surface area contributed by atoms with Crippen LogP contribution in [0.25, 0.3) is 0 Å². The standard InChI is InChI=1S/C4H9N5/c1-4(2,5)3-6-8-9-7-3/h5H2,1-2H3,(H,6,7,8,9). The third kappa shape index (κ3) is 1.23. The summed E-state index contributed by atoms with van der Waals surface area (Å²) in [7, 11) is 0. The van der Waals surface area contributed by atoms with Crippen LogP contribution in [0.15, 0.2) is 0 Å². The fourth-order valence-electron chi connectivity index (χ4n) is 0.435. The summed E-state index contributed by atoms with van der Waals surface area (Å²) in [4.78, 5) is 0. The first-order valence-electron chi connectivity index (χ1n) is 2.63. The highest BCUT2D eigenvalue weighted by Crippen LogP contribution is 2.07. The van der Waals surface area contributed by atoms with Crippen LogP contribution >= 0.6 is 0 Å². The van der Waals surface area contributed by atoms with Crippen molar-refractivity contribution in [2.45, 2.75) is 19.4 Å². The number of aromatic amines is 1. The van der Waals surface area contributed by atoms with Crippen LogP contribution < -0.4 is 5.73 Å². The smallest absolute Gasteiger partial charge is 0.193 e. The number of tetrazole rings is 1. The van der Waals surface area contributed by atoms with Gasteiger partial charge in [-0.05, 0) is 13.8 Å². The molecule has 3 N–H and O–H groups in total. The molecule has 0 spiro atoms. The molecular weight excluding hydrogens is 118 g/mol. The molecule has 0 saturated heterocycles. The van der Waals surface area contributed by atoms with Gasteiger partial charge in [-0.15, -0.1) is 10.2 Å². The SMILES string of the molecule is CC(C)(N)c1nn[nH]n1. The van der Waals surface area contributed by atoms with Crippen LogP contribution in [0, 0.1) is 0 Å². The van der Waals surface area contributed by atoms with Gasteiger partial charge in [0, 0.05) is 0 Å². The lowest BCUT2D eigenvalue weighted by atomic mass is 10.1. The molecule has 1 aromatic heterocycles. The highest BCUT2D eigenvalue weighted by Gasteiger charge is 2.18. The Hall–Kier alpha value is -0.970. The van der Waals surface area contributed by atoms with Gasteiger partial charge in [-0.25, -0.2) is 0 Å². The van der Waals surface area contributed by atoms with Gasteiger partial charge in [-0.3, -0.25) is 0 Å². The number of aromatic nitrogens is 4. The van der Waals surface area contributed by atoms with E-state index in [9.17, 15) is 0 Å². The van der Waals surface area contributed by atoms with E-state index in [-0.39, 0.29) is 0 Å². The molecule has 0 bridgehead atoms. The minimum atomic E-state index is -0.493. The maximum Gasteiger partial charge on any atom is 0.193 e. The highest BCUT2D eigenvalue weighted by molar-refractivity contribution is 4.94. The summed E-state index contributed by atoms with van der Waals surface area (Å²) in [6, 6.07) is 0. The zero-order valence-electron chi connectivity index (χ0n) is 5.42. The van der Waals surface area contributed by atoms with Crippen LogP contribution in [0.2, 0.25) is 0 Å². The minimum absolute atomic E-state index is 0.493. The Balaban J connectivity index is 2.90. The summed E-state index contributed by atoms with van der Waals surface area (Å²) >= 11 is 0. The van der Waals surface area contributed by atoms with Gasteiger partial charge in [0.15, 0.2) is 5.82 Å². The zero-order chi connectivity index (χ0) is 6.91. The van der Waals surface area contributed by atoms with Gasteiger partial charge in [-0.2, -0.15) is 5.21 Å². The molecule has 0 unspecified atom stereocenters. The average Bonchev–Trinajstić information content (AvgIpc) is 2.08. The molecule has 1 heterocycles. The van der Waals surface area contributed by atoms with Crippen LogP contribution in [0.5, 0.6) is 0 Å². The molecule has 50 valence electrons. The first kappa shape index (κ1) is 6.15. The fourth-order valence-corrected chi connectivity index (χ4v) is 0.435. The molecule has 0 atom stereocenters. The van der Waals surface area contributed by atoms with Gasteiger partial charge in [0.25, 0.3) is 0 Å². The molecule has 0 fully saturated rings. The molecule has 0 amide bonds. The van der Waals surface area contributed by atoms with Gasteiger partial charge in [-0.1, -0.05) is 5.21 Å². The molecule has 5 heteroatoms. The van der Waals surface area contributed by atoms with Crippen molar-refractivity contribution < 1.29 is 0 Å². The Kier molecular flexibility index (Phi) is 1.21. The van der Waals surface area contributed by atoms with Crippen molar-refractivity contribution in [3.8, 4) is 0 Å². The van der Waals surface area contributed by atoms with Crippen molar-refractivity contribution in [2.24, 2.45) is 5.73 Å². The lowest BCUT2D eigenvalue weighted by Gasteiger charge is -2.10. The molecular formula is C4H9N5. The van der Waals surface area contributed by atoms with Crippen LogP contribution in [0.1, 0.15) is 19.7 Å². The summed E-state index contributed by atoms with van der Waals surface area (Å²) in [5.41, 5.74) is 5.12. The van der Waals surface area contributed by atoms with E-state index in [2.05, 4.69) is 20.6 Å². The second-order valence-corrected chi connectivity index (χ2v) is 2.46. The zero-order valence-corrected chi connectivity index (χ0v) is 5.42. The van der Waals surface area contributed by atoms with E-state index in [1.165, 1.54) is 0 Å². The molecule has 1 aromatic rings. The van der Waals surface area contributed by atoms with Crippen molar-refractivity contribution in [1.82, 2.24) is 20.6 Å². The van der Waals surface area contributed by atoms with Crippen LogP contribution in [0.3, 0.4) is 0 Å². The predicted molar refractivity (Wildman–Crippen MR) is 31.4 cm³/mol. The third-order valence-electron chi connectivity index (χ3n) is 0.922. The van der Waals surface area contributed by atoms with Crippen molar-refractivity contribution in [1.29, 1.82) is 0 Å². The maximum atomic E-state index is 5.62. The van der Waals surface area contributed by atoms with E-state index in [1.54, 1.807) is 0 Å². The Morgan fingerprint density at radius 3 is 2.44 bits per heavy atom. The number of hydrogen-bond acceptors (Lipinski definition) is 4. The van der Waals surface area contributed by atoms with Crippen molar-refractivity contribution in [2.75, 3.05) is 0 Å². The van der Waals surface area contributed by atoms with E-state index in [0.717, 1.165) is 0 Å². The van der Waals surface area contributed by atoms with E-state index in [1.807, 2.05) is 13.8 Å². The predicted octanol–water partition coefficient (Wildman–Crippen LogP) is -0.607. The largest absolute Gasteiger partial charge is 0.319 e. The van der Waals surface area contributed by atoms with Crippen molar-refractivity contribution >= 4 is 0 Å². The molecule has 0 aliphatic rings. The normalized spacial score (nSPS) is 11.9. The molecule has 1 rings (SSSR count). The minimum Gasteiger partial charge on any atom is -0.319 e. The molecule has 0 saturated carbocycles. The molecule has 0 aliphatic heterocycles. The van der Waals surface area contributed by atoms with Crippen molar-refractivity contribution in [3.05, 3.63) is 5.82 Å². The average molecular weight is 127 g/mol. The van der Waals surface area contributed by atoms with Gasteiger partial charge in [0.1, 0.15) is 0 Å². The number of nitrogens with two attached hydrogens (primary N) is 1. The van der Waals surface area contributed by atoms with Gasteiger partial charge in [0.2, 0.25) is 0 Å². The Morgan fingerprint density at radius 1 is 1.56 bits per heavy atom. The van der Waals surface area contributed by atoms with Gasteiger partial charge < -0.3 is 5.73 Å². The molecule has 9 heavy (non-hydrogen) atoms. The van der Waals surface area contributed by atoms with E-state index >= 15 is 0 Å². The van der Waals surface area contributed by atoms with E-state index in [4.69, 9.17) is 5.73 Å². The van der Waals surface area contributed by atoms with Gasteiger partial charge >= 0.3 is 0 Å². The van der Waals surface area contributed by atoms with Crippen LogP contribution in [-0.4, -0.2) is 20.6 Å². The lowest BCUT2D eigenvalue weighted by Crippen LogP contribution is -2.30. The Morgan fingerprint density at radius 2 is 2.22 bits per heavy atom. The summed E-state index contributed by atoms with van der Waals surface area (Å²) in [6.07, 6.45) is 0. The number of H-pyrrole nitrogens is 1. The first-order valence-corrected chi connectivity index (χ1v) is 2.63. The Labute approximate surface area is 52.6 Å². The topological polar surface area (TPSA) is 80.5 Å². The maximum absolute atomic E-state index is 5.62. The molecule has 0 radical (unpaired) electrons. The second kappa shape index (κ2) is 1.77. The van der Waals surface area contributed by atoms with E-state index in [0.29, 0.717) is 5.82 Å². The Bertz CT molecular complexity index is 171. The summed E-state index contributed by atoms with van der Waals surface area (Å²) in [6.45, 7) is 3.63. The monoisotopic (exact) mass is 127 g/mol. The lowest BCUT2D eigenvalue weighted by molar-refractivity contribution is 0.515. The quantitative estimate of drug-likeness (QED) is 0.527. The summed E-state index contributed by atoms with van der Waals surface area (Å²) in [5.74, 6) is 0.530. The second-order valence-electron chi connectivity index (χ2n) is 2.46. The van der Waals surface area contributed by atoms with E-state index < -0.39 is 5.54 Å². The number of nitrogens with one attached hydrogen (secondary N) is 1. The first-order chi connectivity index (χ1) is 4.11. The third-order valence-corrected chi connectivity index (χ3v) is 0.922. The molecule has 0 aliphatic carbocycles. The number of hydrogen-bond donors (Lipinski definition) is 2. The number of nitrogens with zero attached hydrogens (tertiary/aromatic N) is 3. The molecule has 5 nitrogen and oxygen atoms in total. The van der Waals surface area contributed by atoms with Crippen LogP contribution in [0.4, 0.5) is 0 Å². The molecule has 0 aromatic carbocycles. The highest BCUT2D eigenvalue weighted by atomic mass is 15.5. The fraction of sp³-hybridized carbons (Fsp3) is 0.750. The summed E-state index contributed by atoms with van der Waals surface area (Å²) < 4.78 is 0. The van der Waals surface area contributed by atoms with Crippen molar-refractivity contribution in [3.63, 3.8) is 0 Å². The number of rotatable bonds is 1. The van der Waals surface area contributed by atoms with Crippen LogP contribution in [-0.2, 0) is 5.54 Å².